The highest BCUT2D eigenvalue weighted by Gasteiger charge is 2.24. The highest BCUT2D eigenvalue weighted by Crippen LogP contribution is 2.42. The van der Waals surface area contributed by atoms with E-state index in [4.69, 9.17) is 11.5 Å². The van der Waals surface area contributed by atoms with Crippen LogP contribution in [0.1, 0.15) is 27.7 Å². The van der Waals surface area contributed by atoms with Crippen molar-refractivity contribution in [1.82, 2.24) is 9.97 Å². The molecule has 4 aromatic rings. The maximum atomic E-state index is 12.9. The highest BCUT2D eigenvalue weighted by molar-refractivity contribution is 7.21. The Hall–Kier alpha value is -3.96. The van der Waals surface area contributed by atoms with Crippen molar-refractivity contribution in [2.75, 3.05) is 16.8 Å². The lowest BCUT2D eigenvalue weighted by Crippen LogP contribution is -2.11. The third-order valence-corrected chi connectivity index (χ3v) is 5.91. The number of pyridine rings is 2. The SMILES string of the molecule is CCc1ccc(-c2c(C#N)c(N)nc3sc(C(=O)Nc4ccncc4)c(N)c23)cc1. The van der Waals surface area contributed by atoms with Gasteiger partial charge in [-0.25, -0.2) is 4.98 Å². The van der Waals surface area contributed by atoms with Crippen LogP contribution in [-0.4, -0.2) is 15.9 Å². The summed E-state index contributed by atoms with van der Waals surface area (Å²) in [4.78, 5) is 22.0. The Morgan fingerprint density at radius 1 is 1.17 bits per heavy atom. The van der Waals surface area contributed by atoms with E-state index >= 15 is 0 Å². The number of amides is 1. The maximum absolute atomic E-state index is 12.9. The number of aromatic nitrogens is 2. The first-order valence-electron chi connectivity index (χ1n) is 9.25. The first-order valence-corrected chi connectivity index (χ1v) is 10.1. The Morgan fingerprint density at radius 2 is 1.87 bits per heavy atom. The largest absolute Gasteiger partial charge is 0.397 e. The van der Waals surface area contributed by atoms with E-state index in [2.05, 4.69) is 28.3 Å². The molecule has 0 saturated heterocycles. The number of hydrogen-bond acceptors (Lipinski definition) is 7. The normalized spacial score (nSPS) is 10.7. The molecule has 7 nitrogen and oxygen atoms in total. The van der Waals surface area contributed by atoms with Crippen molar-refractivity contribution in [3.8, 4) is 17.2 Å². The second-order valence-corrected chi connectivity index (χ2v) is 7.62. The van der Waals surface area contributed by atoms with Gasteiger partial charge in [0.25, 0.3) is 5.91 Å². The Balaban J connectivity index is 1.90. The lowest BCUT2D eigenvalue weighted by atomic mass is 9.96. The molecule has 1 amide bonds. The van der Waals surface area contributed by atoms with Gasteiger partial charge in [0.05, 0.1) is 5.69 Å². The topological polar surface area (TPSA) is 131 Å². The van der Waals surface area contributed by atoms with Crippen molar-refractivity contribution in [2.24, 2.45) is 0 Å². The number of carbonyl (C=O) groups excluding carboxylic acids is 1. The zero-order valence-electron chi connectivity index (χ0n) is 16.1. The van der Waals surface area contributed by atoms with Crippen molar-refractivity contribution in [3.63, 3.8) is 0 Å². The van der Waals surface area contributed by atoms with Crippen LogP contribution in [0.5, 0.6) is 0 Å². The fourth-order valence-electron chi connectivity index (χ4n) is 3.27. The van der Waals surface area contributed by atoms with Crippen LogP contribution in [0.25, 0.3) is 21.3 Å². The molecular weight excluding hydrogens is 396 g/mol. The van der Waals surface area contributed by atoms with E-state index in [1.165, 1.54) is 5.56 Å². The molecule has 0 bridgehead atoms. The molecule has 8 heteroatoms. The highest BCUT2D eigenvalue weighted by atomic mass is 32.1. The van der Waals surface area contributed by atoms with Crippen LogP contribution in [0.15, 0.2) is 48.8 Å². The number of thiophene rings is 1. The standard InChI is InChI=1S/C22H18N6OS/c1-2-12-3-5-13(6-4-12)16-15(11-23)20(25)28-22-17(16)18(24)19(30-22)21(29)27-14-7-9-26-10-8-14/h3-10H,2,24H2,1H3,(H2,25,28)(H,26,27,29). The summed E-state index contributed by atoms with van der Waals surface area (Å²) >= 11 is 1.15. The molecule has 0 saturated carbocycles. The molecule has 30 heavy (non-hydrogen) atoms. The van der Waals surface area contributed by atoms with Gasteiger partial charge in [-0.1, -0.05) is 31.2 Å². The molecule has 0 unspecified atom stereocenters. The average Bonchev–Trinajstić information content (AvgIpc) is 3.09. The molecule has 0 aliphatic rings. The van der Waals surface area contributed by atoms with Gasteiger partial charge in [-0.2, -0.15) is 5.26 Å². The number of nitriles is 1. The molecule has 0 aliphatic carbocycles. The molecule has 5 N–H and O–H groups in total. The number of nitrogens with zero attached hydrogens (tertiary/aromatic N) is 3. The van der Waals surface area contributed by atoms with Gasteiger partial charge >= 0.3 is 0 Å². The van der Waals surface area contributed by atoms with E-state index in [0.29, 0.717) is 26.3 Å². The number of aryl methyl sites for hydroxylation is 1. The minimum absolute atomic E-state index is 0.113. The summed E-state index contributed by atoms with van der Waals surface area (Å²) in [6, 6.07) is 13.4. The van der Waals surface area contributed by atoms with Crippen LogP contribution in [0.2, 0.25) is 0 Å². The number of nitrogen functional groups attached to an aromatic ring is 2. The molecule has 3 aromatic heterocycles. The van der Waals surface area contributed by atoms with Crippen LogP contribution < -0.4 is 16.8 Å². The molecule has 0 fully saturated rings. The summed E-state index contributed by atoms with van der Waals surface area (Å²) in [7, 11) is 0. The van der Waals surface area contributed by atoms with E-state index in [1.54, 1.807) is 24.5 Å². The van der Waals surface area contributed by atoms with Crippen LogP contribution in [0, 0.1) is 11.3 Å². The van der Waals surface area contributed by atoms with E-state index in [0.717, 1.165) is 23.3 Å². The van der Waals surface area contributed by atoms with Gasteiger partial charge in [0.1, 0.15) is 27.2 Å². The molecule has 4 rings (SSSR count). The summed E-state index contributed by atoms with van der Waals surface area (Å²) in [5, 5.41) is 13.1. The fourth-order valence-corrected chi connectivity index (χ4v) is 4.28. The van der Waals surface area contributed by atoms with E-state index < -0.39 is 0 Å². The molecule has 0 radical (unpaired) electrons. The summed E-state index contributed by atoms with van der Waals surface area (Å²) in [5.74, 6) is -0.243. The van der Waals surface area contributed by atoms with E-state index in [9.17, 15) is 10.1 Å². The minimum Gasteiger partial charge on any atom is -0.397 e. The number of fused-ring (bicyclic) bond motifs is 1. The first-order chi connectivity index (χ1) is 14.5. The number of carbonyl (C=O) groups is 1. The number of anilines is 3. The molecule has 3 heterocycles. The second kappa shape index (κ2) is 7.81. The lowest BCUT2D eigenvalue weighted by Gasteiger charge is -2.10. The zero-order chi connectivity index (χ0) is 21.3. The average molecular weight is 414 g/mol. The van der Waals surface area contributed by atoms with E-state index in [1.807, 2.05) is 24.3 Å². The van der Waals surface area contributed by atoms with Crippen molar-refractivity contribution >= 4 is 44.7 Å². The van der Waals surface area contributed by atoms with Crippen molar-refractivity contribution < 1.29 is 4.79 Å². The quantitative estimate of drug-likeness (QED) is 0.458. The molecule has 0 spiro atoms. The van der Waals surface area contributed by atoms with Gasteiger partial charge in [-0.05, 0) is 29.7 Å². The fraction of sp³-hybridized carbons (Fsp3) is 0.0909. The number of rotatable bonds is 4. The Kier molecular flexibility index (Phi) is 5.04. The van der Waals surface area contributed by atoms with Gasteiger partial charge in [0.15, 0.2) is 0 Å². The van der Waals surface area contributed by atoms with Gasteiger partial charge in [0, 0.05) is 29.0 Å². The number of hydrogen-bond donors (Lipinski definition) is 3. The number of nitrogens with two attached hydrogens (primary N) is 2. The van der Waals surface area contributed by atoms with Gasteiger partial charge in [-0.15, -0.1) is 11.3 Å². The third kappa shape index (κ3) is 3.32. The minimum atomic E-state index is -0.356. The molecule has 0 atom stereocenters. The van der Waals surface area contributed by atoms with Crippen LogP contribution in [-0.2, 0) is 6.42 Å². The van der Waals surface area contributed by atoms with Gasteiger partial charge in [-0.3, -0.25) is 9.78 Å². The molecule has 0 aliphatic heterocycles. The van der Waals surface area contributed by atoms with Gasteiger partial charge in [0.2, 0.25) is 0 Å². The number of benzene rings is 1. The number of nitrogens with one attached hydrogen (secondary N) is 1. The smallest absolute Gasteiger partial charge is 0.267 e. The lowest BCUT2D eigenvalue weighted by molar-refractivity contribution is 0.103. The maximum Gasteiger partial charge on any atom is 0.267 e. The Morgan fingerprint density at radius 3 is 2.50 bits per heavy atom. The predicted octanol–water partition coefficient (Wildman–Crippen LogP) is 4.21. The summed E-state index contributed by atoms with van der Waals surface area (Å²) in [5.41, 5.74) is 16.2. The van der Waals surface area contributed by atoms with Crippen molar-refractivity contribution in [3.05, 3.63) is 64.8 Å². The molecule has 148 valence electrons. The second-order valence-electron chi connectivity index (χ2n) is 6.62. The predicted molar refractivity (Wildman–Crippen MR) is 120 cm³/mol. The zero-order valence-corrected chi connectivity index (χ0v) is 17.0. The van der Waals surface area contributed by atoms with Crippen LogP contribution >= 0.6 is 11.3 Å². The monoisotopic (exact) mass is 414 g/mol. The first kappa shape index (κ1) is 19.4. The Bertz CT molecular complexity index is 1290. The molecule has 1 aromatic carbocycles. The van der Waals surface area contributed by atoms with Gasteiger partial charge < -0.3 is 16.8 Å². The summed E-state index contributed by atoms with van der Waals surface area (Å²) in [6.07, 6.45) is 4.08. The molecular formula is C22H18N6OS. The Labute approximate surface area is 177 Å². The van der Waals surface area contributed by atoms with Crippen LogP contribution in [0.3, 0.4) is 0 Å². The van der Waals surface area contributed by atoms with Crippen LogP contribution in [0.4, 0.5) is 17.2 Å². The summed E-state index contributed by atoms with van der Waals surface area (Å²) < 4.78 is 0. The third-order valence-electron chi connectivity index (χ3n) is 4.81. The van der Waals surface area contributed by atoms with Crippen molar-refractivity contribution in [1.29, 1.82) is 5.26 Å². The van der Waals surface area contributed by atoms with E-state index in [-0.39, 0.29) is 23.0 Å². The summed E-state index contributed by atoms with van der Waals surface area (Å²) in [6.45, 7) is 2.07. The van der Waals surface area contributed by atoms with Crippen molar-refractivity contribution in [2.45, 2.75) is 13.3 Å².